The second-order valence-electron chi connectivity index (χ2n) is 3.55. The quantitative estimate of drug-likeness (QED) is 0.856. The molecule has 0 saturated carbocycles. The van der Waals surface area contributed by atoms with E-state index in [1.165, 1.54) is 0 Å². The minimum atomic E-state index is -0.644. The Morgan fingerprint density at radius 1 is 1.38 bits per heavy atom. The molecule has 0 aromatic heterocycles. The lowest BCUT2D eigenvalue weighted by Crippen LogP contribution is -2.10. The summed E-state index contributed by atoms with van der Waals surface area (Å²) in [6, 6.07) is 4.97. The van der Waals surface area contributed by atoms with E-state index in [1.54, 1.807) is 18.2 Å². The molecule has 5 heteroatoms. The van der Waals surface area contributed by atoms with E-state index in [0.29, 0.717) is 28.5 Å². The molecule has 1 amide bonds. The third-order valence-electron chi connectivity index (χ3n) is 2.23. The highest BCUT2D eigenvalue weighted by atomic mass is 35.5. The van der Waals surface area contributed by atoms with Crippen molar-refractivity contribution in [2.24, 2.45) is 5.73 Å². The fourth-order valence-electron chi connectivity index (χ4n) is 1.36. The van der Waals surface area contributed by atoms with Crippen LogP contribution in [0, 0.1) is 0 Å². The standard InChI is InChI=1S/C11H13Cl2NO2/c12-8-5-4-7(6-9(8)13)10(15)2-1-3-11(14)16/h4-6,10,15H,1-3H2,(H2,14,16). The summed E-state index contributed by atoms with van der Waals surface area (Å²) >= 11 is 11.6. The summed E-state index contributed by atoms with van der Waals surface area (Å²) in [6.07, 6.45) is 0.657. The molecule has 3 nitrogen and oxygen atoms in total. The molecule has 0 aliphatic carbocycles. The largest absolute Gasteiger partial charge is 0.388 e. The zero-order chi connectivity index (χ0) is 12.1. The average molecular weight is 262 g/mol. The van der Waals surface area contributed by atoms with Crippen molar-refractivity contribution in [1.29, 1.82) is 0 Å². The molecule has 0 bridgehead atoms. The summed E-state index contributed by atoms with van der Waals surface area (Å²) in [7, 11) is 0. The first-order chi connectivity index (χ1) is 7.50. The highest BCUT2D eigenvalue weighted by molar-refractivity contribution is 6.42. The van der Waals surface area contributed by atoms with Gasteiger partial charge in [-0.1, -0.05) is 29.3 Å². The van der Waals surface area contributed by atoms with Crippen LogP contribution in [0.1, 0.15) is 30.9 Å². The van der Waals surface area contributed by atoms with Crippen LogP contribution in [0.2, 0.25) is 10.0 Å². The van der Waals surface area contributed by atoms with Crippen molar-refractivity contribution in [3.05, 3.63) is 33.8 Å². The molecule has 0 aliphatic heterocycles. The van der Waals surface area contributed by atoms with Gasteiger partial charge in [0.15, 0.2) is 0 Å². The minimum absolute atomic E-state index is 0.276. The van der Waals surface area contributed by atoms with Crippen molar-refractivity contribution in [1.82, 2.24) is 0 Å². The molecular formula is C11H13Cl2NO2. The molecule has 3 N–H and O–H groups in total. The maximum Gasteiger partial charge on any atom is 0.217 e. The number of aliphatic hydroxyl groups excluding tert-OH is 1. The fraction of sp³-hybridized carbons (Fsp3) is 0.364. The van der Waals surface area contributed by atoms with Gasteiger partial charge in [0.05, 0.1) is 16.1 Å². The molecule has 0 heterocycles. The van der Waals surface area contributed by atoms with Gasteiger partial charge in [0.2, 0.25) is 5.91 Å². The molecule has 1 rings (SSSR count). The van der Waals surface area contributed by atoms with E-state index in [-0.39, 0.29) is 12.3 Å². The maximum atomic E-state index is 10.5. The highest BCUT2D eigenvalue weighted by Gasteiger charge is 2.09. The van der Waals surface area contributed by atoms with Gasteiger partial charge in [-0.2, -0.15) is 0 Å². The lowest BCUT2D eigenvalue weighted by Gasteiger charge is -2.11. The van der Waals surface area contributed by atoms with Crippen LogP contribution in [0.15, 0.2) is 18.2 Å². The van der Waals surface area contributed by atoms with Crippen molar-refractivity contribution >= 4 is 29.1 Å². The number of hydrogen-bond donors (Lipinski definition) is 2. The van der Waals surface area contributed by atoms with Crippen LogP contribution in [-0.2, 0) is 4.79 Å². The zero-order valence-electron chi connectivity index (χ0n) is 8.62. The summed E-state index contributed by atoms with van der Waals surface area (Å²) in [5.41, 5.74) is 5.70. The molecular weight excluding hydrogens is 249 g/mol. The number of halogens is 2. The van der Waals surface area contributed by atoms with Crippen LogP contribution < -0.4 is 5.73 Å². The summed E-state index contributed by atoms with van der Waals surface area (Å²) in [4.78, 5) is 10.5. The van der Waals surface area contributed by atoms with Crippen LogP contribution in [0.25, 0.3) is 0 Å². The number of hydrogen-bond acceptors (Lipinski definition) is 2. The topological polar surface area (TPSA) is 63.3 Å². The molecule has 1 aromatic rings. The first-order valence-electron chi connectivity index (χ1n) is 4.92. The second-order valence-corrected chi connectivity index (χ2v) is 4.36. The Morgan fingerprint density at radius 2 is 2.06 bits per heavy atom. The van der Waals surface area contributed by atoms with Gasteiger partial charge in [-0.3, -0.25) is 4.79 Å². The molecule has 1 atom stereocenters. The highest BCUT2D eigenvalue weighted by Crippen LogP contribution is 2.27. The molecule has 1 aromatic carbocycles. The number of carbonyl (C=O) groups is 1. The van der Waals surface area contributed by atoms with Gasteiger partial charge < -0.3 is 10.8 Å². The summed E-state index contributed by atoms with van der Waals surface area (Å²) < 4.78 is 0. The predicted molar refractivity (Wildman–Crippen MR) is 64.5 cm³/mol. The average Bonchev–Trinajstić information content (AvgIpc) is 2.21. The van der Waals surface area contributed by atoms with Gasteiger partial charge in [0.1, 0.15) is 0 Å². The first kappa shape index (κ1) is 13.3. The Labute approximate surface area is 104 Å². The van der Waals surface area contributed by atoms with Crippen LogP contribution in [0.4, 0.5) is 0 Å². The smallest absolute Gasteiger partial charge is 0.217 e. The van der Waals surface area contributed by atoms with Gasteiger partial charge in [-0.25, -0.2) is 0 Å². The first-order valence-corrected chi connectivity index (χ1v) is 5.67. The van der Waals surface area contributed by atoms with Crippen molar-refractivity contribution in [3.8, 4) is 0 Å². The van der Waals surface area contributed by atoms with Crippen LogP contribution >= 0.6 is 23.2 Å². The van der Waals surface area contributed by atoms with E-state index in [9.17, 15) is 9.90 Å². The van der Waals surface area contributed by atoms with Crippen molar-refractivity contribution in [3.63, 3.8) is 0 Å². The van der Waals surface area contributed by atoms with E-state index < -0.39 is 6.10 Å². The maximum absolute atomic E-state index is 10.5. The third kappa shape index (κ3) is 4.00. The van der Waals surface area contributed by atoms with E-state index in [1.807, 2.05) is 0 Å². The van der Waals surface area contributed by atoms with E-state index in [4.69, 9.17) is 28.9 Å². The Bertz CT molecular complexity index is 382. The summed E-state index contributed by atoms with van der Waals surface area (Å²) in [5.74, 6) is -0.360. The Morgan fingerprint density at radius 3 is 2.62 bits per heavy atom. The van der Waals surface area contributed by atoms with Crippen molar-refractivity contribution in [2.75, 3.05) is 0 Å². The number of rotatable bonds is 5. The monoisotopic (exact) mass is 261 g/mol. The SMILES string of the molecule is NC(=O)CCCC(O)c1ccc(Cl)c(Cl)c1. The van der Waals surface area contributed by atoms with Crippen LogP contribution in [0.5, 0.6) is 0 Å². The Hall–Kier alpha value is -0.770. The number of aliphatic hydroxyl groups is 1. The van der Waals surface area contributed by atoms with Crippen LogP contribution in [-0.4, -0.2) is 11.0 Å². The van der Waals surface area contributed by atoms with E-state index in [0.717, 1.165) is 0 Å². The number of primary amides is 1. The lowest BCUT2D eigenvalue weighted by molar-refractivity contribution is -0.118. The van der Waals surface area contributed by atoms with Gasteiger partial charge in [0.25, 0.3) is 0 Å². The molecule has 0 aliphatic rings. The number of carbonyl (C=O) groups excluding carboxylic acids is 1. The molecule has 88 valence electrons. The third-order valence-corrected chi connectivity index (χ3v) is 2.97. The van der Waals surface area contributed by atoms with Gasteiger partial charge in [-0.05, 0) is 30.5 Å². The second kappa shape index (κ2) is 6.09. The van der Waals surface area contributed by atoms with E-state index in [2.05, 4.69) is 0 Å². The van der Waals surface area contributed by atoms with Gasteiger partial charge in [0, 0.05) is 6.42 Å². The molecule has 16 heavy (non-hydrogen) atoms. The normalized spacial score (nSPS) is 12.4. The lowest BCUT2D eigenvalue weighted by atomic mass is 10.0. The molecule has 0 saturated heterocycles. The Balaban J connectivity index is 2.55. The number of amides is 1. The number of benzene rings is 1. The molecule has 1 unspecified atom stereocenters. The Kier molecular flexibility index (Phi) is 5.06. The van der Waals surface area contributed by atoms with Gasteiger partial charge in [-0.15, -0.1) is 0 Å². The molecule has 0 fully saturated rings. The van der Waals surface area contributed by atoms with E-state index >= 15 is 0 Å². The molecule has 0 spiro atoms. The zero-order valence-corrected chi connectivity index (χ0v) is 10.1. The summed E-state index contributed by atoms with van der Waals surface area (Å²) in [6.45, 7) is 0. The van der Waals surface area contributed by atoms with Crippen molar-refractivity contribution in [2.45, 2.75) is 25.4 Å². The predicted octanol–water partition coefficient (Wildman–Crippen LogP) is 2.68. The number of nitrogens with two attached hydrogens (primary N) is 1. The molecule has 0 radical (unpaired) electrons. The van der Waals surface area contributed by atoms with Gasteiger partial charge >= 0.3 is 0 Å². The summed E-state index contributed by atoms with van der Waals surface area (Å²) in [5, 5.41) is 10.7. The fourth-order valence-corrected chi connectivity index (χ4v) is 1.66. The minimum Gasteiger partial charge on any atom is -0.388 e. The van der Waals surface area contributed by atoms with Crippen LogP contribution in [0.3, 0.4) is 0 Å². The van der Waals surface area contributed by atoms with Crippen molar-refractivity contribution < 1.29 is 9.90 Å².